The predicted octanol–water partition coefficient (Wildman–Crippen LogP) is 8.39. The summed E-state index contributed by atoms with van der Waals surface area (Å²) in [5.41, 5.74) is 0.537. The van der Waals surface area contributed by atoms with Crippen LogP contribution < -0.4 is 0 Å². The van der Waals surface area contributed by atoms with Crippen LogP contribution >= 0.6 is 0 Å². The normalized spacial score (nSPS) is 10.3. The standard InChI is InChI=1S/C18H34O4.C16H22O4/c1-3-5-15-21-17(19)13-11-9-7-8-10-12-14-18(20)22-16-6-4-2;1-3-5-11-19-15(17)13-9-7-8-10-14(13)16(18)20-12-6-4-2/h3-16H2,1-2H3;7-10H,3-6,11-12H2,1-2H3. The number of hydrogen-bond acceptors (Lipinski definition) is 8. The fraction of sp³-hybridized carbons (Fsp3) is 0.706. The zero-order valence-electron chi connectivity index (χ0n) is 26.7. The molecule has 1 aromatic carbocycles. The van der Waals surface area contributed by atoms with Crippen molar-refractivity contribution < 1.29 is 38.1 Å². The summed E-state index contributed by atoms with van der Waals surface area (Å²) in [6.07, 6.45) is 14.8. The molecule has 0 spiro atoms. The molecule has 0 bridgehead atoms. The van der Waals surface area contributed by atoms with E-state index < -0.39 is 11.9 Å². The first-order valence-corrected chi connectivity index (χ1v) is 16.2. The Hall–Kier alpha value is -2.90. The molecule has 0 saturated carbocycles. The number of rotatable bonds is 23. The summed E-state index contributed by atoms with van der Waals surface area (Å²) in [5, 5.41) is 0. The van der Waals surface area contributed by atoms with Gasteiger partial charge in [-0.05, 0) is 50.7 Å². The quantitative estimate of drug-likeness (QED) is 0.0708. The van der Waals surface area contributed by atoms with Crippen molar-refractivity contribution in [3.05, 3.63) is 35.4 Å². The molecule has 0 aliphatic rings. The Morgan fingerprint density at radius 2 is 0.762 bits per heavy atom. The summed E-state index contributed by atoms with van der Waals surface area (Å²) < 4.78 is 20.5. The largest absolute Gasteiger partial charge is 0.466 e. The third-order valence-electron chi connectivity index (χ3n) is 6.36. The van der Waals surface area contributed by atoms with Crippen LogP contribution in [0.1, 0.15) is 151 Å². The zero-order chi connectivity index (χ0) is 31.3. The van der Waals surface area contributed by atoms with E-state index in [1.54, 1.807) is 24.3 Å². The second kappa shape index (κ2) is 28.2. The molecule has 8 nitrogen and oxygen atoms in total. The molecule has 0 unspecified atom stereocenters. The highest BCUT2D eigenvalue weighted by molar-refractivity contribution is 6.03. The maximum atomic E-state index is 11.9. The van der Waals surface area contributed by atoms with Gasteiger partial charge >= 0.3 is 23.9 Å². The Kier molecular flexibility index (Phi) is 26.3. The summed E-state index contributed by atoms with van der Waals surface area (Å²) in [4.78, 5) is 46.6. The van der Waals surface area contributed by atoms with Gasteiger partial charge in [-0.3, -0.25) is 9.59 Å². The molecule has 0 heterocycles. The number of ether oxygens (including phenoxy) is 4. The summed E-state index contributed by atoms with van der Waals surface area (Å²) in [5.74, 6) is -1.07. The topological polar surface area (TPSA) is 105 Å². The van der Waals surface area contributed by atoms with Crippen molar-refractivity contribution in [2.75, 3.05) is 26.4 Å². The molecule has 0 amide bonds. The summed E-state index contributed by atoms with van der Waals surface area (Å²) in [6.45, 7) is 10.1. The fourth-order valence-electron chi connectivity index (χ4n) is 3.66. The highest BCUT2D eigenvalue weighted by Crippen LogP contribution is 2.13. The van der Waals surface area contributed by atoms with E-state index in [1.807, 2.05) is 13.8 Å². The minimum atomic E-state index is -0.471. The molecule has 0 saturated heterocycles. The fourth-order valence-corrected chi connectivity index (χ4v) is 3.66. The molecule has 42 heavy (non-hydrogen) atoms. The van der Waals surface area contributed by atoms with Gasteiger partial charge in [-0.25, -0.2) is 9.59 Å². The molecule has 8 heteroatoms. The van der Waals surface area contributed by atoms with E-state index in [-0.39, 0.29) is 23.1 Å². The second-order valence-corrected chi connectivity index (χ2v) is 10.3. The van der Waals surface area contributed by atoms with Crippen molar-refractivity contribution in [2.45, 2.75) is 130 Å². The summed E-state index contributed by atoms with van der Waals surface area (Å²) in [7, 11) is 0. The van der Waals surface area contributed by atoms with Gasteiger partial charge < -0.3 is 18.9 Å². The number of benzene rings is 1. The van der Waals surface area contributed by atoms with Crippen LogP contribution in [0.5, 0.6) is 0 Å². The third kappa shape index (κ3) is 21.8. The molecule has 0 aliphatic heterocycles. The van der Waals surface area contributed by atoms with Gasteiger partial charge in [-0.1, -0.05) is 91.2 Å². The first-order valence-electron chi connectivity index (χ1n) is 16.2. The van der Waals surface area contributed by atoms with Gasteiger partial charge in [0.1, 0.15) is 0 Å². The minimum absolute atomic E-state index is 0.0664. The van der Waals surface area contributed by atoms with Crippen molar-refractivity contribution >= 4 is 23.9 Å². The van der Waals surface area contributed by atoms with Crippen LogP contribution in [0.2, 0.25) is 0 Å². The Bertz CT molecular complexity index is 783. The first kappa shape index (κ1) is 39.1. The lowest BCUT2D eigenvalue weighted by Crippen LogP contribution is -2.14. The maximum absolute atomic E-state index is 11.9. The molecule has 0 atom stereocenters. The van der Waals surface area contributed by atoms with Crippen LogP contribution in [0.4, 0.5) is 0 Å². The van der Waals surface area contributed by atoms with E-state index in [4.69, 9.17) is 18.9 Å². The summed E-state index contributed by atoms with van der Waals surface area (Å²) in [6, 6.07) is 6.59. The van der Waals surface area contributed by atoms with Crippen molar-refractivity contribution in [3.63, 3.8) is 0 Å². The van der Waals surface area contributed by atoms with E-state index in [0.29, 0.717) is 39.3 Å². The summed E-state index contributed by atoms with van der Waals surface area (Å²) >= 11 is 0. The molecule has 1 aromatic rings. The zero-order valence-corrected chi connectivity index (χ0v) is 26.7. The van der Waals surface area contributed by atoms with Crippen LogP contribution in [-0.4, -0.2) is 50.3 Å². The Morgan fingerprint density at radius 1 is 0.452 bits per heavy atom. The van der Waals surface area contributed by atoms with E-state index in [9.17, 15) is 19.2 Å². The SMILES string of the molecule is CCCCOC(=O)CCCCCCCCC(=O)OCCCC.CCCCOC(=O)c1ccccc1C(=O)OCCCC. The molecule has 1 rings (SSSR count). The predicted molar refractivity (Wildman–Crippen MR) is 165 cm³/mol. The first-order chi connectivity index (χ1) is 20.4. The molecule has 0 N–H and O–H groups in total. The minimum Gasteiger partial charge on any atom is -0.466 e. The van der Waals surface area contributed by atoms with Gasteiger partial charge in [0.2, 0.25) is 0 Å². The Labute approximate surface area is 254 Å². The van der Waals surface area contributed by atoms with E-state index >= 15 is 0 Å². The molecular formula is C34H56O8. The third-order valence-corrected chi connectivity index (χ3v) is 6.36. The molecule has 0 aliphatic carbocycles. The Morgan fingerprint density at radius 3 is 1.10 bits per heavy atom. The lowest BCUT2D eigenvalue weighted by Gasteiger charge is -2.09. The van der Waals surface area contributed by atoms with E-state index in [0.717, 1.165) is 89.9 Å². The van der Waals surface area contributed by atoms with Gasteiger partial charge in [0, 0.05) is 12.8 Å². The van der Waals surface area contributed by atoms with Gasteiger partial charge in [0.15, 0.2) is 0 Å². The smallest absolute Gasteiger partial charge is 0.339 e. The molecule has 0 aromatic heterocycles. The Balaban J connectivity index is 0.000000803. The number of hydrogen-bond donors (Lipinski definition) is 0. The monoisotopic (exact) mass is 592 g/mol. The van der Waals surface area contributed by atoms with Crippen molar-refractivity contribution in [1.82, 2.24) is 0 Å². The van der Waals surface area contributed by atoms with Crippen LogP contribution in [0.3, 0.4) is 0 Å². The number of carbonyl (C=O) groups is 4. The van der Waals surface area contributed by atoms with Crippen LogP contribution in [0.25, 0.3) is 0 Å². The van der Waals surface area contributed by atoms with E-state index in [1.165, 1.54) is 0 Å². The van der Waals surface area contributed by atoms with Crippen LogP contribution in [0.15, 0.2) is 24.3 Å². The van der Waals surface area contributed by atoms with Gasteiger partial charge in [0.05, 0.1) is 37.6 Å². The van der Waals surface area contributed by atoms with Gasteiger partial charge in [-0.2, -0.15) is 0 Å². The molecule has 0 fully saturated rings. The van der Waals surface area contributed by atoms with Crippen molar-refractivity contribution in [3.8, 4) is 0 Å². The van der Waals surface area contributed by atoms with Crippen molar-refractivity contribution in [1.29, 1.82) is 0 Å². The number of carbonyl (C=O) groups excluding carboxylic acids is 4. The molecule has 0 radical (unpaired) electrons. The number of unbranched alkanes of at least 4 members (excludes halogenated alkanes) is 9. The van der Waals surface area contributed by atoms with Crippen LogP contribution in [0, 0.1) is 0 Å². The van der Waals surface area contributed by atoms with Gasteiger partial charge in [-0.15, -0.1) is 0 Å². The second-order valence-electron chi connectivity index (χ2n) is 10.3. The lowest BCUT2D eigenvalue weighted by molar-refractivity contribution is -0.144. The average Bonchev–Trinajstić information content (AvgIpc) is 2.99. The highest BCUT2D eigenvalue weighted by Gasteiger charge is 2.18. The highest BCUT2D eigenvalue weighted by atomic mass is 16.5. The lowest BCUT2D eigenvalue weighted by atomic mass is 10.1. The molecule has 240 valence electrons. The van der Waals surface area contributed by atoms with Gasteiger partial charge in [0.25, 0.3) is 0 Å². The molecular weight excluding hydrogens is 536 g/mol. The van der Waals surface area contributed by atoms with E-state index in [2.05, 4.69) is 13.8 Å². The number of esters is 4. The average molecular weight is 593 g/mol. The van der Waals surface area contributed by atoms with Crippen LogP contribution in [-0.2, 0) is 28.5 Å². The van der Waals surface area contributed by atoms with Crippen molar-refractivity contribution in [2.24, 2.45) is 0 Å². The maximum Gasteiger partial charge on any atom is 0.339 e.